The number of aryl methyl sites for hydroxylation is 1. The summed E-state index contributed by atoms with van der Waals surface area (Å²) >= 11 is 0. The molecule has 0 radical (unpaired) electrons. The summed E-state index contributed by atoms with van der Waals surface area (Å²) in [7, 11) is 0. The van der Waals surface area contributed by atoms with Gasteiger partial charge in [0, 0.05) is 41.3 Å². The molecule has 0 bridgehead atoms. The van der Waals surface area contributed by atoms with E-state index in [4.69, 9.17) is 9.47 Å². The van der Waals surface area contributed by atoms with Crippen molar-refractivity contribution >= 4 is 5.97 Å². The van der Waals surface area contributed by atoms with Crippen LogP contribution in [0.5, 0.6) is 5.75 Å². The molecule has 0 aromatic heterocycles. The molecule has 1 heterocycles. The lowest BCUT2D eigenvalue weighted by atomic mass is 9.94. The molecule has 2 aromatic rings. The van der Waals surface area contributed by atoms with E-state index in [9.17, 15) is 28.2 Å². The van der Waals surface area contributed by atoms with Crippen LogP contribution in [0.2, 0.25) is 0 Å². The van der Waals surface area contributed by atoms with Crippen LogP contribution in [0.3, 0.4) is 0 Å². The van der Waals surface area contributed by atoms with Gasteiger partial charge in [-0.15, -0.1) is 0 Å². The van der Waals surface area contributed by atoms with Gasteiger partial charge in [0.1, 0.15) is 35.2 Å². The summed E-state index contributed by atoms with van der Waals surface area (Å²) in [4.78, 5) is 11.5. The first-order valence-corrected chi connectivity index (χ1v) is 11.6. The first kappa shape index (κ1) is 25.5. The third kappa shape index (κ3) is 5.17. The van der Waals surface area contributed by atoms with Crippen molar-refractivity contribution < 1.29 is 37.7 Å². The Bertz CT molecular complexity index is 1120. The van der Waals surface area contributed by atoms with Crippen LogP contribution in [0.15, 0.2) is 24.3 Å². The van der Waals surface area contributed by atoms with Crippen LogP contribution in [-0.4, -0.2) is 47.1 Å². The van der Waals surface area contributed by atoms with E-state index in [0.717, 1.165) is 22.4 Å². The number of carbonyl (C=O) groups is 1. The zero-order valence-corrected chi connectivity index (χ0v) is 20.1. The largest absolute Gasteiger partial charge is 0.488 e. The minimum Gasteiger partial charge on any atom is -0.488 e. The zero-order valence-electron chi connectivity index (χ0n) is 20.1. The Kier molecular flexibility index (Phi) is 6.87. The molecule has 1 fully saturated rings. The quantitative estimate of drug-likeness (QED) is 0.464. The average molecular weight is 494 g/mol. The normalized spacial score (nSPS) is 22.2. The molecule has 9 heteroatoms. The summed E-state index contributed by atoms with van der Waals surface area (Å²) in [6, 6.07) is 5.10. The number of aliphatic hydroxyl groups is 1. The lowest BCUT2D eigenvalue weighted by molar-refractivity contribution is -0.139. The van der Waals surface area contributed by atoms with E-state index in [2.05, 4.69) is 5.32 Å². The summed E-state index contributed by atoms with van der Waals surface area (Å²) in [5.41, 5.74) is 1.63. The van der Waals surface area contributed by atoms with Crippen molar-refractivity contribution in [1.29, 1.82) is 0 Å². The number of rotatable bonds is 10. The highest BCUT2D eigenvalue weighted by Gasteiger charge is 2.64. The monoisotopic (exact) mass is 493 g/mol. The highest BCUT2D eigenvalue weighted by Crippen LogP contribution is 2.61. The van der Waals surface area contributed by atoms with Crippen molar-refractivity contribution in [1.82, 2.24) is 5.32 Å². The minimum absolute atomic E-state index is 0.0104. The number of carboxylic acid groups (broad SMARTS) is 1. The summed E-state index contributed by atoms with van der Waals surface area (Å²) in [6.07, 6.45) is -1.71. The molecule has 3 N–H and O–H groups in total. The Balaban J connectivity index is 1.33. The molecule has 2 aromatic carbocycles. The van der Waals surface area contributed by atoms with Crippen molar-refractivity contribution in [3.05, 3.63) is 64.0 Å². The van der Waals surface area contributed by atoms with Crippen LogP contribution in [-0.2, 0) is 16.0 Å². The third-order valence-electron chi connectivity index (χ3n) is 6.77. The van der Waals surface area contributed by atoms with Crippen molar-refractivity contribution in [3.63, 3.8) is 0 Å². The van der Waals surface area contributed by atoms with Gasteiger partial charge in [-0.3, -0.25) is 4.79 Å². The van der Waals surface area contributed by atoms with Gasteiger partial charge in [0.25, 0.3) is 0 Å². The second kappa shape index (κ2) is 9.44. The first-order valence-electron chi connectivity index (χ1n) is 11.6. The maximum atomic E-state index is 14.0. The van der Waals surface area contributed by atoms with E-state index in [1.54, 1.807) is 13.8 Å². The van der Waals surface area contributed by atoms with Gasteiger partial charge in [0.2, 0.25) is 0 Å². The standard InChI is InChI=1S/C26H30F3NO5/c1-12-5-6-16(20-21-22(25(32)33)24(21)35-23(12)20)13(2)34-11-15(31)10-30-26(3,4)9-17-18(28)7-14(27)8-19(17)29/h5-8,13,15,21-22,24,30-31H,9-11H2,1-4H3,(H,32,33)/t13-,15?,21+,22+,24+/m1/s1. The average Bonchev–Trinajstić information content (AvgIpc) is 3.35. The van der Waals surface area contributed by atoms with Crippen molar-refractivity contribution in [2.45, 2.75) is 63.9 Å². The van der Waals surface area contributed by atoms with Crippen LogP contribution in [0, 0.1) is 30.3 Å². The number of benzene rings is 2. The second-order valence-corrected chi connectivity index (χ2v) is 10.1. The van der Waals surface area contributed by atoms with Gasteiger partial charge in [-0.2, -0.15) is 0 Å². The fraction of sp³-hybridized carbons (Fsp3) is 0.500. The Morgan fingerprint density at radius 3 is 2.51 bits per heavy atom. The number of hydrogen-bond donors (Lipinski definition) is 3. The number of aliphatic hydroxyl groups excluding tert-OH is 1. The molecule has 2 aliphatic rings. The Morgan fingerprint density at radius 1 is 1.23 bits per heavy atom. The molecular weight excluding hydrogens is 463 g/mol. The number of carboxylic acids is 1. The fourth-order valence-electron chi connectivity index (χ4n) is 4.83. The molecule has 190 valence electrons. The van der Waals surface area contributed by atoms with E-state index in [-0.39, 0.29) is 37.2 Å². The molecule has 0 saturated heterocycles. The summed E-state index contributed by atoms with van der Waals surface area (Å²) in [6.45, 7) is 7.29. The van der Waals surface area contributed by atoms with Crippen LogP contribution in [0.25, 0.3) is 0 Å². The van der Waals surface area contributed by atoms with Crippen LogP contribution in [0.4, 0.5) is 13.2 Å². The van der Waals surface area contributed by atoms with Gasteiger partial charge in [-0.05, 0) is 45.2 Å². The minimum atomic E-state index is -0.974. The Hall–Kier alpha value is -2.62. The van der Waals surface area contributed by atoms with Crippen LogP contribution in [0.1, 0.15) is 55.0 Å². The van der Waals surface area contributed by atoms with Crippen molar-refractivity contribution in [2.24, 2.45) is 5.92 Å². The van der Waals surface area contributed by atoms with Crippen LogP contribution >= 0.6 is 0 Å². The molecule has 0 spiro atoms. The first-order chi connectivity index (χ1) is 16.4. The van der Waals surface area contributed by atoms with Gasteiger partial charge in [-0.25, -0.2) is 13.2 Å². The molecule has 1 unspecified atom stereocenters. The third-order valence-corrected chi connectivity index (χ3v) is 6.77. The maximum Gasteiger partial charge on any atom is 0.311 e. The van der Waals surface area contributed by atoms with Crippen LogP contribution < -0.4 is 10.1 Å². The number of hydrogen-bond acceptors (Lipinski definition) is 5. The summed E-state index contributed by atoms with van der Waals surface area (Å²) in [5.74, 6) is -3.78. The van der Waals surface area contributed by atoms with Gasteiger partial charge < -0.3 is 25.0 Å². The molecule has 1 aliphatic heterocycles. The molecule has 5 atom stereocenters. The van der Waals surface area contributed by atoms with Crippen molar-refractivity contribution in [2.75, 3.05) is 13.2 Å². The van der Waals surface area contributed by atoms with E-state index in [1.807, 2.05) is 26.0 Å². The van der Waals surface area contributed by atoms with Gasteiger partial charge in [-0.1, -0.05) is 12.1 Å². The molecule has 35 heavy (non-hydrogen) atoms. The topological polar surface area (TPSA) is 88.0 Å². The van der Waals surface area contributed by atoms with Gasteiger partial charge >= 0.3 is 5.97 Å². The Morgan fingerprint density at radius 2 is 1.89 bits per heavy atom. The Labute approximate surface area is 202 Å². The number of β-amino-alcohol motifs (C(OH)–C–C–N with tert-alkyl or cyclic N) is 1. The lowest BCUT2D eigenvalue weighted by Gasteiger charge is -2.29. The molecule has 0 amide bonds. The smallest absolute Gasteiger partial charge is 0.311 e. The van der Waals surface area contributed by atoms with Gasteiger partial charge in [0.05, 0.1) is 18.8 Å². The highest BCUT2D eigenvalue weighted by molar-refractivity contribution is 5.79. The van der Waals surface area contributed by atoms with E-state index < -0.39 is 47.1 Å². The van der Waals surface area contributed by atoms with E-state index in [1.165, 1.54) is 0 Å². The summed E-state index contributed by atoms with van der Waals surface area (Å²) in [5, 5.41) is 22.9. The molecular formula is C26H30F3NO5. The summed E-state index contributed by atoms with van der Waals surface area (Å²) < 4.78 is 53.0. The maximum absolute atomic E-state index is 14.0. The number of nitrogens with one attached hydrogen (secondary N) is 1. The molecule has 4 rings (SSSR count). The van der Waals surface area contributed by atoms with Crippen molar-refractivity contribution in [3.8, 4) is 5.75 Å². The predicted molar refractivity (Wildman–Crippen MR) is 122 cm³/mol. The highest BCUT2D eigenvalue weighted by atomic mass is 19.1. The van der Waals surface area contributed by atoms with E-state index >= 15 is 0 Å². The molecule has 6 nitrogen and oxygen atoms in total. The number of aliphatic carboxylic acids is 1. The number of fused-ring (bicyclic) bond motifs is 3. The fourth-order valence-corrected chi connectivity index (χ4v) is 4.83. The number of ether oxygens (including phenoxy) is 2. The van der Waals surface area contributed by atoms with Gasteiger partial charge in [0.15, 0.2) is 0 Å². The van der Waals surface area contributed by atoms with E-state index in [0.29, 0.717) is 12.1 Å². The lowest BCUT2D eigenvalue weighted by Crippen LogP contribution is -2.46. The molecule has 1 aliphatic carbocycles. The zero-order chi connectivity index (χ0) is 25.7. The second-order valence-electron chi connectivity index (χ2n) is 10.1. The predicted octanol–water partition coefficient (Wildman–Crippen LogP) is 4.02. The number of halogens is 3. The molecule has 1 saturated carbocycles. The SMILES string of the molecule is Cc1ccc([C@@H](C)OCC(O)CNC(C)(C)Cc2c(F)cc(F)cc2F)c2c1O[C@@H]1[C@@H](C(=O)O)[C@H]21.